The van der Waals surface area contributed by atoms with Gasteiger partial charge in [0.15, 0.2) is 0 Å². The van der Waals surface area contributed by atoms with Crippen molar-refractivity contribution in [1.82, 2.24) is 10.2 Å². The summed E-state index contributed by atoms with van der Waals surface area (Å²) in [6.07, 6.45) is -4.79. The zero-order valence-electron chi connectivity index (χ0n) is 12.0. The van der Waals surface area contributed by atoms with Crippen LogP contribution in [0, 0.1) is 5.92 Å². The van der Waals surface area contributed by atoms with Gasteiger partial charge in [0.05, 0.1) is 6.54 Å². The van der Waals surface area contributed by atoms with E-state index in [1.165, 1.54) is 12.1 Å². The van der Waals surface area contributed by atoms with Crippen molar-refractivity contribution in [2.45, 2.75) is 32.8 Å². The number of imide groups is 1. The third kappa shape index (κ3) is 3.69. The molecule has 0 spiro atoms. The van der Waals surface area contributed by atoms with Crippen LogP contribution < -0.4 is 10.1 Å². The molecule has 3 amide bonds. The summed E-state index contributed by atoms with van der Waals surface area (Å²) in [5.74, 6) is -0.846. The highest BCUT2D eigenvalue weighted by atomic mass is 19.4. The van der Waals surface area contributed by atoms with Gasteiger partial charge in [-0.15, -0.1) is 13.2 Å². The van der Waals surface area contributed by atoms with Gasteiger partial charge >= 0.3 is 12.4 Å². The van der Waals surface area contributed by atoms with Crippen molar-refractivity contribution in [2.24, 2.45) is 5.92 Å². The fourth-order valence-electron chi connectivity index (χ4n) is 2.17. The molecular weight excluding hydrogens is 301 g/mol. The molecule has 1 unspecified atom stereocenters. The molecule has 0 saturated carbocycles. The minimum absolute atomic E-state index is 0.0682. The highest BCUT2D eigenvalue weighted by Gasteiger charge is 2.39. The lowest BCUT2D eigenvalue weighted by Gasteiger charge is -2.15. The fraction of sp³-hybridized carbons (Fsp3) is 0.429. The highest BCUT2D eigenvalue weighted by molar-refractivity contribution is 6.04. The summed E-state index contributed by atoms with van der Waals surface area (Å²) in [5, 5.41) is 2.55. The average Bonchev–Trinajstić information content (AvgIpc) is 2.65. The van der Waals surface area contributed by atoms with Crippen molar-refractivity contribution in [3.63, 3.8) is 0 Å². The predicted octanol–water partition coefficient (Wildman–Crippen LogP) is 2.66. The number of amides is 3. The summed E-state index contributed by atoms with van der Waals surface area (Å²) in [6, 6.07) is 4.03. The van der Waals surface area contributed by atoms with Crippen molar-refractivity contribution in [3.8, 4) is 5.75 Å². The van der Waals surface area contributed by atoms with Gasteiger partial charge in [-0.05, 0) is 23.6 Å². The number of alkyl halides is 3. The van der Waals surface area contributed by atoms with Gasteiger partial charge in [0.2, 0.25) is 0 Å². The quantitative estimate of drug-likeness (QED) is 0.869. The van der Waals surface area contributed by atoms with E-state index in [1.807, 2.05) is 0 Å². The first kappa shape index (κ1) is 16.1. The normalized spacial score (nSPS) is 18.8. The summed E-state index contributed by atoms with van der Waals surface area (Å²) >= 11 is 0. The minimum atomic E-state index is -4.79. The molecule has 22 heavy (non-hydrogen) atoms. The van der Waals surface area contributed by atoms with Gasteiger partial charge in [-0.25, -0.2) is 4.79 Å². The number of hydrogen-bond acceptors (Lipinski definition) is 3. The summed E-state index contributed by atoms with van der Waals surface area (Å²) in [6.45, 7) is 3.48. The molecule has 2 rings (SSSR count). The smallest absolute Gasteiger partial charge is 0.406 e. The van der Waals surface area contributed by atoms with Crippen LogP contribution in [-0.4, -0.2) is 29.2 Å². The first-order valence-corrected chi connectivity index (χ1v) is 6.64. The Balaban J connectivity index is 2.12. The molecule has 0 aromatic heterocycles. The lowest BCUT2D eigenvalue weighted by molar-refractivity contribution is -0.274. The Morgan fingerprint density at radius 1 is 1.32 bits per heavy atom. The minimum Gasteiger partial charge on any atom is -0.406 e. The number of carbonyl (C=O) groups is 2. The molecular formula is C14H15F3N2O3. The molecule has 1 aliphatic rings. The number of halogens is 3. The summed E-state index contributed by atoms with van der Waals surface area (Å²) in [7, 11) is 0. The molecule has 1 fully saturated rings. The van der Waals surface area contributed by atoms with Gasteiger partial charge in [0.1, 0.15) is 11.8 Å². The van der Waals surface area contributed by atoms with Crippen molar-refractivity contribution in [2.75, 3.05) is 0 Å². The molecule has 1 N–H and O–H groups in total. The second kappa shape index (κ2) is 5.86. The van der Waals surface area contributed by atoms with E-state index in [2.05, 4.69) is 10.1 Å². The maximum atomic E-state index is 12.2. The van der Waals surface area contributed by atoms with Crippen LogP contribution in [0.2, 0.25) is 0 Å². The van der Waals surface area contributed by atoms with Crippen LogP contribution in [0.3, 0.4) is 0 Å². The Kier molecular flexibility index (Phi) is 4.30. The molecule has 1 aliphatic heterocycles. The Labute approximate surface area is 125 Å². The lowest BCUT2D eigenvalue weighted by Crippen LogP contribution is -2.34. The van der Waals surface area contributed by atoms with E-state index in [1.54, 1.807) is 13.8 Å². The average molecular weight is 316 g/mol. The lowest BCUT2D eigenvalue weighted by atomic mass is 10.0. The van der Waals surface area contributed by atoms with E-state index in [0.717, 1.165) is 17.0 Å². The number of rotatable bonds is 4. The number of nitrogens with one attached hydrogen (secondary N) is 1. The molecule has 1 heterocycles. The Morgan fingerprint density at radius 3 is 2.55 bits per heavy atom. The third-order valence-corrected chi connectivity index (χ3v) is 3.20. The molecule has 1 saturated heterocycles. The monoisotopic (exact) mass is 316 g/mol. The van der Waals surface area contributed by atoms with Crippen molar-refractivity contribution >= 4 is 11.9 Å². The maximum absolute atomic E-state index is 12.2. The summed E-state index contributed by atoms with van der Waals surface area (Å²) in [5.41, 5.74) is 0.370. The van der Waals surface area contributed by atoms with Crippen LogP contribution in [0.4, 0.5) is 18.0 Å². The molecule has 0 bridgehead atoms. The zero-order chi connectivity index (χ0) is 16.5. The third-order valence-electron chi connectivity index (χ3n) is 3.20. The van der Waals surface area contributed by atoms with Crippen LogP contribution in [0.1, 0.15) is 19.4 Å². The van der Waals surface area contributed by atoms with Gasteiger partial charge < -0.3 is 10.1 Å². The predicted molar refractivity (Wildman–Crippen MR) is 70.8 cm³/mol. The fourth-order valence-corrected chi connectivity index (χ4v) is 2.17. The SMILES string of the molecule is CC(C)C1NC(=O)N(Cc2cccc(OC(F)(F)F)c2)C1=O. The van der Waals surface area contributed by atoms with E-state index >= 15 is 0 Å². The van der Waals surface area contributed by atoms with Crippen LogP contribution in [0.15, 0.2) is 24.3 Å². The number of ether oxygens (including phenoxy) is 1. The summed E-state index contributed by atoms with van der Waals surface area (Å²) in [4.78, 5) is 24.9. The van der Waals surface area contributed by atoms with Crippen LogP contribution >= 0.6 is 0 Å². The number of benzene rings is 1. The molecule has 0 radical (unpaired) electrons. The highest BCUT2D eigenvalue weighted by Crippen LogP contribution is 2.24. The topological polar surface area (TPSA) is 58.6 Å². The van der Waals surface area contributed by atoms with E-state index < -0.39 is 24.2 Å². The molecule has 0 aliphatic carbocycles. The largest absolute Gasteiger partial charge is 0.573 e. The molecule has 1 atom stereocenters. The second-order valence-corrected chi connectivity index (χ2v) is 5.29. The number of urea groups is 1. The van der Waals surface area contributed by atoms with Crippen LogP contribution in [0.25, 0.3) is 0 Å². The second-order valence-electron chi connectivity index (χ2n) is 5.29. The maximum Gasteiger partial charge on any atom is 0.573 e. The standard InChI is InChI=1S/C14H15F3N2O3/c1-8(2)11-12(20)19(13(21)18-11)7-9-4-3-5-10(6-9)22-14(15,16)17/h3-6,8,11H,7H2,1-2H3,(H,18,21). The van der Waals surface area contributed by atoms with Crippen LogP contribution in [-0.2, 0) is 11.3 Å². The van der Waals surface area contributed by atoms with Crippen molar-refractivity contribution in [1.29, 1.82) is 0 Å². The van der Waals surface area contributed by atoms with Crippen LogP contribution in [0.5, 0.6) is 5.75 Å². The first-order chi connectivity index (χ1) is 10.2. The number of nitrogens with zero attached hydrogens (tertiary/aromatic N) is 1. The van der Waals surface area contributed by atoms with E-state index in [-0.39, 0.29) is 18.4 Å². The number of hydrogen-bond donors (Lipinski definition) is 1. The Bertz CT molecular complexity index is 587. The molecule has 1 aromatic rings. The number of carbonyl (C=O) groups excluding carboxylic acids is 2. The first-order valence-electron chi connectivity index (χ1n) is 6.64. The van der Waals surface area contributed by atoms with Gasteiger partial charge in [-0.1, -0.05) is 26.0 Å². The van der Waals surface area contributed by atoms with Gasteiger partial charge in [-0.2, -0.15) is 0 Å². The zero-order valence-corrected chi connectivity index (χ0v) is 12.0. The molecule has 8 heteroatoms. The van der Waals surface area contributed by atoms with E-state index in [0.29, 0.717) is 5.56 Å². The molecule has 120 valence electrons. The van der Waals surface area contributed by atoms with Crippen molar-refractivity contribution < 1.29 is 27.5 Å². The van der Waals surface area contributed by atoms with Gasteiger partial charge in [-0.3, -0.25) is 9.69 Å². The molecule has 5 nitrogen and oxygen atoms in total. The van der Waals surface area contributed by atoms with Gasteiger partial charge in [0.25, 0.3) is 5.91 Å². The van der Waals surface area contributed by atoms with E-state index in [9.17, 15) is 22.8 Å². The Hall–Kier alpha value is -2.25. The summed E-state index contributed by atoms with van der Waals surface area (Å²) < 4.78 is 40.4. The van der Waals surface area contributed by atoms with Gasteiger partial charge in [0, 0.05) is 0 Å². The van der Waals surface area contributed by atoms with Crippen molar-refractivity contribution in [3.05, 3.63) is 29.8 Å². The molecule has 1 aromatic carbocycles. The van der Waals surface area contributed by atoms with E-state index in [4.69, 9.17) is 0 Å². The Morgan fingerprint density at radius 2 is 2.00 bits per heavy atom.